The molecule has 0 N–H and O–H groups in total. The van der Waals surface area contributed by atoms with Gasteiger partial charge >= 0.3 is 0 Å². The highest BCUT2D eigenvalue weighted by Crippen LogP contribution is 2.62. The van der Waals surface area contributed by atoms with Gasteiger partial charge in [0.25, 0.3) is 0 Å². The summed E-state index contributed by atoms with van der Waals surface area (Å²) in [7, 11) is 0. The van der Waals surface area contributed by atoms with Gasteiger partial charge < -0.3 is 0 Å². The Morgan fingerprint density at radius 2 is 1.09 bits per heavy atom. The van der Waals surface area contributed by atoms with Gasteiger partial charge in [-0.15, -0.1) is 47.0 Å². The second-order valence-corrected chi connectivity index (χ2v) is 12.9. The van der Waals surface area contributed by atoms with Crippen molar-refractivity contribution in [2.45, 2.75) is 46.7 Å². The minimum atomic E-state index is 0.412. The molecule has 0 radical (unpaired) electrons. The van der Waals surface area contributed by atoms with E-state index in [1.165, 1.54) is 61.5 Å². The lowest BCUT2D eigenvalue weighted by atomic mass is 9.82. The summed E-state index contributed by atoms with van der Waals surface area (Å²) < 4.78 is 0.824. The third kappa shape index (κ3) is 2.16. The largest absolute Gasteiger partial charge is 0.139 e. The number of hydrogen-bond acceptors (Lipinski definition) is 4. The van der Waals surface area contributed by atoms with Crippen molar-refractivity contribution in [2.24, 2.45) is 0 Å². The molecule has 0 saturated carbocycles. The normalized spacial score (nSPS) is 28.0. The Morgan fingerprint density at radius 1 is 0.636 bits per heavy atom. The van der Waals surface area contributed by atoms with Gasteiger partial charge in [-0.05, 0) is 60.8 Å². The van der Waals surface area contributed by atoms with E-state index in [2.05, 4.69) is 59.2 Å². The molecule has 2 fully saturated rings. The highest BCUT2D eigenvalue weighted by atomic mass is 32.2. The fraction of sp³-hybridized carbons (Fsp3) is 0.667. The maximum absolute atomic E-state index is 2.69. The Labute approximate surface area is 150 Å². The van der Waals surface area contributed by atoms with E-state index in [9.17, 15) is 0 Å². The molecular weight excluding hydrogens is 344 g/mol. The molecule has 2 aliphatic heterocycles. The van der Waals surface area contributed by atoms with E-state index < -0.39 is 0 Å². The first-order chi connectivity index (χ1) is 10.8. The molecular formula is C18H22S4. The van der Waals surface area contributed by atoms with Crippen molar-refractivity contribution in [2.75, 3.05) is 23.0 Å². The fourth-order valence-electron chi connectivity index (χ4n) is 4.62. The predicted molar refractivity (Wildman–Crippen MR) is 106 cm³/mol. The predicted octanol–water partition coefficient (Wildman–Crippen LogP) is 5.62. The lowest BCUT2D eigenvalue weighted by Gasteiger charge is -2.39. The summed E-state index contributed by atoms with van der Waals surface area (Å²) >= 11 is 8.96. The summed E-state index contributed by atoms with van der Waals surface area (Å²) in [4.78, 5) is 0. The third-order valence-corrected chi connectivity index (χ3v) is 12.7. The molecule has 5 rings (SSSR count). The molecule has 0 nitrogen and oxygen atoms in total. The van der Waals surface area contributed by atoms with Crippen molar-refractivity contribution in [1.29, 1.82) is 0 Å². The molecule has 22 heavy (non-hydrogen) atoms. The van der Waals surface area contributed by atoms with E-state index in [4.69, 9.17) is 0 Å². The van der Waals surface area contributed by atoms with Crippen LogP contribution in [0, 0.1) is 0 Å². The van der Waals surface area contributed by atoms with Crippen molar-refractivity contribution < 1.29 is 0 Å². The summed E-state index contributed by atoms with van der Waals surface area (Å²) in [5.74, 6) is 5.37. The Morgan fingerprint density at radius 3 is 1.55 bits per heavy atom. The fourth-order valence-corrected chi connectivity index (χ4v) is 11.5. The second kappa shape index (κ2) is 5.57. The molecule has 2 aliphatic carbocycles. The van der Waals surface area contributed by atoms with Crippen LogP contribution in [0.2, 0.25) is 0 Å². The van der Waals surface area contributed by atoms with E-state index >= 15 is 0 Å². The van der Waals surface area contributed by atoms with E-state index in [1.807, 2.05) is 0 Å². The van der Waals surface area contributed by atoms with Crippen molar-refractivity contribution in [3.8, 4) is 0 Å². The summed E-state index contributed by atoms with van der Waals surface area (Å²) in [5.41, 5.74) is 6.83. The van der Waals surface area contributed by atoms with Crippen LogP contribution < -0.4 is 0 Å². The molecule has 1 aromatic carbocycles. The first-order valence-electron chi connectivity index (χ1n) is 8.54. The average Bonchev–Trinajstić information content (AvgIpc) is 3.18. The molecule has 0 amide bonds. The highest BCUT2D eigenvalue weighted by Gasteiger charge is 2.45. The number of aryl methyl sites for hydroxylation is 2. The first kappa shape index (κ1) is 14.9. The minimum absolute atomic E-state index is 0.412. The van der Waals surface area contributed by atoms with Crippen molar-refractivity contribution in [3.05, 3.63) is 34.4 Å². The smallest absolute Gasteiger partial charge is 0.0863 e. The lowest BCUT2D eigenvalue weighted by molar-refractivity contribution is 0.617. The lowest BCUT2D eigenvalue weighted by Crippen LogP contribution is -2.27. The Balaban J connectivity index is 1.68. The van der Waals surface area contributed by atoms with Gasteiger partial charge in [-0.1, -0.05) is 12.1 Å². The molecule has 4 aliphatic rings. The molecule has 2 heterocycles. The van der Waals surface area contributed by atoms with Crippen LogP contribution >= 0.6 is 47.0 Å². The standard InChI is InChI=1S/C18H22S4/c1-3-13-11-14-4-2-6-18(21-9-10-22-18)16(14)12-15(13)17(5-1)19-7-8-20-17/h11-12H,1-10H2. The average molecular weight is 367 g/mol. The van der Waals surface area contributed by atoms with E-state index in [-0.39, 0.29) is 0 Å². The summed E-state index contributed by atoms with van der Waals surface area (Å²) in [6.45, 7) is 0. The number of benzene rings is 1. The molecule has 0 bridgehead atoms. The zero-order chi connectivity index (χ0) is 14.6. The molecule has 2 saturated heterocycles. The van der Waals surface area contributed by atoms with Gasteiger partial charge in [0.15, 0.2) is 0 Å². The maximum Gasteiger partial charge on any atom is 0.0863 e. The molecule has 4 heteroatoms. The zero-order valence-electron chi connectivity index (χ0n) is 12.9. The zero-order valence-corrected chi connectivity index (χ0v) is 16.1. The maximum atomic E-state index is 2.69. The topological polar surface area (TPSA) is 0 Å². The van der Waals surface area contributed by atoms with Crippen molar-refractivity contribution in [1.82, 2.24) is 0 Å². The van der Waals surface area contributed by atoms with Crippen LogP contribution in [-0.4, -0.2) is 23.0 Å². The Bertz CT molecular complexity index is 548. The van der Waals surface area contributed by atoms with E-state index in [0.717, 1.165) is 0 Å². The molecule has 1 aromatic rings. The molecule has 0 atom stereocenters. The number of hydrogen-bond donors (Lipinski definition) is 0. The van der Waals surface area contributed by atoms with E-state index in [1.54, 1.807) is 22.3 Å². The summed E-state index contributed by atoms with van der Waals surface area (Å²) in [6.07, 6.45) is 8.20. The van der Waals surface area contributed by atoms with Crippen LogP contribution in [0.25, 0.3) is 0 Å². The van der Waals surface area contributed by atoms with Crippen LogP contribution in [0.15, 0.2) is 12.1 Å². The Hall–Kier alpha value is 0.620. The van der Waals surface area contributed by atoms with Crippen molar-refractivity contribution >= 4 is 47.0 Å². The molecule has 118 valence electrons. The minimum Gasteiger partial charge on any atom is -0.139 e. The first-order valence-corrected chi connectivity index (χ1v) is 12.5. The van der Waals surface area contributed by atoms with Gasteiger partial charge in [-0.3, -0.25) is 0 Å². The Kier molecular flexibility index (Phi) is 3.78. The molecule has 0 unspecified atom stereocenters. The van der Waals surface area contributed by atoms with Crippen LogP contribution in [-0.2, 0) is 21.0 Å². The van der Waals surface area contributed by atoms with Gasteiger partial charge in [-0.2, -0.15) is 0 Å². The SMILES string of the molecule is c1c2c(cc3c1CCCC31SCCS1)C1(CCC2)SCCS1. The van der Waals surface area contributed by atoms with Crippen LogP contribution in [0.3, 0.4) is 0 Å². The van der Waals surface area contributed by atoms with E-state index in [0.29, 0.717) is 8.16 Å². The van der Waals surface area contributed by atoms with Gasteiger partial charge in [-0.25, -0.2) is 0 Å². The van der Waals surface area contributed by atoms with Crippen LogP contribution in [0.1, 0.15) is 47.9 Å². The highest BCUT2D eigenvalue weighted by molar-refractivity contribution is 8.21. The number of rotatable bonds is 0. The second-order valence-electron chi connectivity index (χ2n) is 6.77. The quantitative estimate of drug-likeness (QED) is 0.583. The summed E-state index contributed by atoms with van der Waals surface area (Å²) in [5, 5.41) is 0. The molecule has 2 spiro atoms. The van der Waals surface area contributed by atoms with Gasteiger partial charge in [0.05, 0.1) is 8.16 Å². The third-order valence-electron chi connectivity index (χ3n) is 5.56. The monoisotopic (exact) mass is 366 g/mol. The summed E-state index contributed by atoms with van der Waals surface area (Å²) in [6, 6.07) is 5.32. The van der Waals surface area contributed by atoms with Crippen LogP contribution in [0.4, 0.5) is 0 Å². The molecule has 0 aromatic heterocycles. The van der Waals surface area contributed by atoms with Gasteiger partial charge in [0, 0.05) is 23.0 Å². The van der Waals surface area contributed by atoms with Crippen molar-refractivity contribution in [3.63, 3.8) is 0 Å². The van der Waals surface area contributed by atoms with Gasteiger partial charge in [0.2, 0.25) is 0 Å². The van der Waals surface area contributed by atoms with Crippen LogP contribution in [0.5, 0.6) is 0 Å². The van der Waals surface area contributed by atoms with Gasteiger partial charge in [0.1, 0.15) is 0 Å². The number of thioether (sulfide) groups is 4. The number of fused-ring (bicyclic) bond motifs is 4.